The van der Waals surface area contributed by atoms with E-state index in [0.717, 1.165) is 3.57 Å². The van der Waals surface area contributed by atoms with Crippen molar-refractivity contribution in [3.05, 3.63) is 33.4 Å². The van der Waals surface area contributed by atoms with Crippen LogP contribution in [0.15, 0.2) is 24.3 Å². The second-order valence-corrected chi connectivity index (χ2v) is 4.19. The van der Waals surface area contributed by atoms with E-state index in [0.29, 0.717) is 5.56 Å². The van der Waals surface area contributed by atoms with Gasteiger partial charge in [-0.1, -0.05) is 12.1 Å². The Hall–Kier alpha value is -0.270. The van der Waals surface area contributed by atoms with Gasteiger partial charge in [0, 0.05) is 3.57 Å². The molecule has 0 saturated carbocycles. The Balaban J connectivity index is 2.89. The lowest BCUT2D eigenvalue weighted by Crippen LogP contribution is -2.36. The molecule has 0 unspecified atom stereocenters. The summed E-state index contributed by atoms with van der Waals surface area (Å²) in [5.74, 6) is -3.27. The summed E-state index contributed by atoms with van der Waals surface area (Å²) in [7, 11) is 0. The fraction of sp³-hybridized carbons (Fsp3) is 0.333. The normalized spacial score (nSPS) is 14.1. The SMILES string of the molecule is N[C@@H](c1ccc(I)cc1)C(F)(F)CO. The molecule has 3 N–H and O–H groups in total. The maximum absolute atomic E-state index is 13.0. The first-order chi connectivity index (χ1) is 6.47. The smallest absolute Gasteiger partial charge is 0.289 e. The van der Waals surface area contributed by atoms with Crippen LogP contribution in [0.1, 0.15) is 11.6 Å². The predicted molar refractivity (Wildman–Crippen MR) is 58.1 cm³/mol. The molecule has 0 heterocycles. The van der Waals surface area contributed by atoms with Gasteiger partial charge in [-0.05, 0) is 40.3 Å². The van der Waals surface area contributed by atoms with Gasteiger partial charge in [-0.3, -0.25) is 0 Å². The number of aliphatic hydroxyl groups excluding tert-OH is 1. The van der Waals surface area contributed by atoms with Crippen molar-refractivity contribution < 1.29 is 13.9 Å². The predicted octanol–water partition coefficient (Wildman–Crippen LogP) is 1.92. The molecule has 0 saturated heterocycles. The van der Waals surface area contributed by atoms with Gasteiger partial charge in [0.15, 0.2) is 0 Å². The van der Waals surface area contributed by atoms with Crippen molar-refractivity contribution >= 4 is 22.6 Å². The molecular weight excluding hydrogens is 303 g/mol. The van der Waals surface area contributed by atoms with E-state index in [1.807, 2.05) is 0 Å². The fourth-order valence-electron chi connectivity index (χ4n) is 1.01. The molecule has 1 rings (SSSR count). The Morgan fingerprint density at radius 1 is 1.36 bits per heavy atom. The van der Waals surface area contributed by atoms with E-state index >= 15 is 0 Å². The van der Waals surface area contributed by atoms with Gasteiger partial charge in [0.05, 0.1) is 6.04 Å². The second-order valence-electron chi connectivity index (χ2n) is 2.95. The highest BCUT2D eigenvalue weighted by Crippen LogP contribution is 2.28. The summed E-state index contributed by atoms with van der Waals surface area (Å²) < 4.78 is 26.9. The van der Waals surface area contributed by atoms with E-state index in [-0.39, 0.29) is 0 Å². The minimum atomic E-state index is -3.27. The summed E-state index contributed by atoms with van der Waals surface area (Å²) in [5, 5.41) is 8.45. The Morgan fingerprint density at radius 3 is 2.29 bits per heavy atom. The van der Waals surface area contributed by atoms with Gasteiger partial charge < -0.3 is 10.8 Å². The van der Waals surface area contributed by atoms with Gasteiger partial charge in [-0.25, -0.2) is 8.78 Å². The zero-order valence-electron chi connectivity index (χ0n) is 7.25. The monoisotopic (exact) mass is 313 g/mol. The number of benzene rings is 1. The van der Waals surface area contributed by atoms with Crippen LogP contribution in [0.4, 0.5) is 8.78 Å². The summed E-state index contributed by atoms with van der Waals surface area (Å²) in [6.45, 7) is -1.24. The lowest BCUT2D eigenvalue weighted by atomic mass is 10.0. The molecule has 0 spiro atoms. The summed E-state index contributed by atoms with van der Waals surface area (Å²) >= 11 is 2.07. The van der Waals surface area contributed by atoms with Gasteiger partial charge in [0.25, 0.3) is 5.92 Å². The molecule has 14 heavy (non-hydrogen) atoms. The van der Waals surface area contributed by atoms with Crippen LogP contribution in [0.3, 0.4) is 0 Å². The van der Waals surface area contributed by atoms with Crippen LogP contribution in [0.5, 0.6) is 0 Å². The highest BCUT2D eigenvalue weighted by Gasteiger charge is 2.37. The quantitative estimate of drug-likeness (QED) is 0.838. The zero-order valence-corrected chi connectivity index (χ0v) is 9.41. The number of halogens is 3. The van der Waals surface area contributed by atoms with Gasteiger partial charge in [-0.2, -0.15) is 0 Å². The van der Waals surface area contributed by atoms with Crippen molar-refractivity contribution in [2.45, 2.75) is 12.0 Å². The van der Waals surface area contributed by atoms with Crippen LogP contribution in [0.25, 0.3) is 0 Å². The zero-order chi connectivity index (χ0) is 10.8. The third kappa shape index (κ3) is 2.61. The van der Waals surface area contributed by atoms with E-state index in [4.69, 9.17) is 10.8 Å². The van der Waals surface area contributed by atoms with Gasteiger partial charge in [0.1, 0.15) is 6.61 Å². The maximum atomic E-state index is 13.0. The fourth-order valence-corrected chi connectivity index (χ4v) is 1.37. The Labute approximate surface area is 94.3 Å². The van der Waals surface area contributed by atoms with E-state index in [1.54, 1.807) is 12.1 Å². The first-order valence-electron chi connectivity index (χ1n) is 3.97. The summed E-state index contributed by atoms with van der Waals surface area (Å²) in [5.41, 5.74) is 5.64. The average Bonchev–Trinajstić information content (AvgIpc) is 2.18. The van der Waals surface area contributed by atoms with Crippen LogP contribution in [0, 0.1) is 3.57 Å². The molecule has 2 nitrogen and oxygen atoms in total. The minimum Gasteiger partial charge on any atom is -0.390 e. The van der Waals surface area contributed by atoms with E-state index in [2.05, 4.69) is 22.6 Å². The van der Waals surface area contributed by atoms with E-state index in [1.165, 1.54) is 12.1 Å². The second kappa shape index (κ2) is 4.50. The molecule has 0 aliphatic carbocycles. The summed E-state index contributed by atoms with van der Waals surface area (Å²) in [4.78, 5) is 0. The lowest BCUT2D eigenvalue weighted by Gasteiger charge is -2.21. The molecule has 0 aromatic heterocycles. The highest BCUT2D eigenvalue weighted by molar-refractivity contribution is 14.1. The van der Waals surface area contributed by atoms with Crippen molar-refractivity contribution in [2.24, 2.45) is 5.73 Å². The standard InChI is InChI=1S/C9H10F2INO/c10-9(11,5-14)8(13)6-1-3-7(12)4-2-6/h1-4,8,14H,5,13H2/t8-/m0/s1. The van der Waals surface area contributed by atoms with Crippen molar-refractivity contribution in [3.8, 4) is 0 Å². The number of hydrogen-bond donors (Lipinski definition) is 2. The molecular formula is C9H10F2INO. The van der Waals surface area contributed by atoms with Crippen LogP contribution >= 0.6 is 22.6 Å². The number of aliphatic hydroxyl groups is 1. The highest BCUT2D eigenvalue weighted by atomic mass is 127. The van der Waals surface area contributed by atoms with E-state index in [9.17, 15) is 8.78 Å². The molecule has 5 heteroatoms. The molecule has 0 aliphatic rings. The van der Waals surface area contributed by atoms with Crippen LogP contribution < -0.4 is 5.73 Å². The Kier molecular flexibility index (Phi) is 3.79. The molecule has 0 amide bonds. The van der Waals surface area contributed by atoms with Gasteiger partial charge in [0.2, 0.25) is 0 Å². The molecule has 0 aliphatic heterocycles. The summed E-state index contributed by atoms with van der Waals surface area (Å²) in [6, 6.07) is 5.02. The molecule has 78 valence electrons. The number of hydrogen-bond acceptors (Lipinski definition) is 2. The van der Waals surface area contributed by atoms with Crippen molar-refractivity contribution in [2.75, 3.05) is 6.61 Å². The van der Waals surface area contributed by atoms with E-state index < -0.39 is 18.6 Å². The molecule has 0 radical (unpaired) electrons. The third-order valence-electron chi connectivity index (χ3n) is 1.89. The number of nitrogens with two attached hydrogens (primary N) is 1. The number of alkyl halides is 2. The maximum Gasteiger partial charge on any atom is 0.289 e. The van der Waals surface area contributed by atoms with Crippen LogP contribution in [0.2, 0.25) is 0 Å². The van der Waals surface area contributed by atoms with Crippen LogP contribution in [-0.2, 0) is 0 Å². The van der Waals surface area contributed by atoms with Crippen molar-refractivity contribution in [3.63, 3.8) is 0 Å². The van der Waals surface area contributed by atoms with Gasteiger partial charge in [-0.15, -0.1) is 0 Å². The van der Waals surface area contributed by atoms with Crippen LogP contribution in [-0.4, -0.2) is 17.6 Å². The lowest BCUT2D eigenvalue weighted by molar-refractivity contribution is -0.0711. The first-order valence-corrected chi connectivity index (χ1v) is 5.05. The summed E-state index contributed by atoms with van der Waals surface area (Å²) in [6.07, 6.45) is 0. The largest absolute Gasteiger partial charge is 0.390 e. The molecule has 1 atom stereocenters. The first kappa shape index (κ1) is 11.8. The average molecular weight is 313 g/mol. The molecule has 1 aromatic rings. The number of rotatable bonds is 3. The Morgan fingerprint density at radius 2 is 1.86 bits per heavy atom. The third-order valence-corrected chi connectivity index (χ3v) is 2.61. The van der Waals surface area contributed by atoms with Gasteiger partial charge >= 0.3 is 0 Å². The van der Waals surface area contributed by atoms with Crippen molar-refractivity contribution in [1.82, 2.24) is 0 Å². The minimum absolute atomic E-state index is 0.324. The van der Waals surface area contributed by atoms with Crippen molar-refractivity contribution in [1.29, 1.82) is 0 Å². The molecule has 1 aromatic carbocycles. The Bertz CT molecular complexity index is 302. The topological polar surface area (TPSA) is 46.2 Å². The molecule has 0 bridgehead atoms. The molecule has 0 fully saturated rings.